The lowest BCUT2D eigenvalue weighted by Crippen LogP contribution is -2.61. The number of hydrogen-bond acceptors (Lipinski definition) is 8. The minimum atomic E-state index is -1.08. The van der Waals surface area contributed by atoms with Crippen LogP contribution in [0.25, 0.3) is 0 Å². The van der Waals surface area contributed by atoms with Crippen LogP contribution in [0.1, 0.15) is 52.4 Å². The molecule has 9 nitrogen and oxygen atoms in total. The molecule has 0 radical (unpaired) electrons. The maximum absolute atomic E-state index is 11.7. The van der Waals surface area contributed by atoms with Crippen molar-refractivity contribution in [1.29, 1.82) is 0 Å². The number of methoxy groups -OCH3 is 1. The molecule has 0 spiro atoms. The standard InChI is InChI=1S/C19H34O9/c1-4-6-10-25-17-16(23)13(12-27-15(22)9-8-14(20)21)28-19(24-3)18(17)26-11-7-5-2/h13,16-19,23H,4-12H2,1-3H3,(H,20,21)/t13?,16-,17+,18?,19+/m1/s1. The molecule has 0 aromatic rings. The van der Waals surface area contributed by atoms with Crippen LogP contribution in [0.2, 0.25) is 0 Å². The maximum atomic E-state index is 11.7. The van der Waals surface area contributed by atoms with E-state index in [2.05, 4.69) is 0 Å². The minimum Gasteiger partial charge on any atom is -0.481 e. The van der Waals surface area contributed by atoms with Gasteiger partial charge in [-0.2, -0.15) is 0 Å². The molecule has 1 saturated heterocycles. The van der Waals surface area contributed by atoms with Crippen LogP contribution in [-0.2, 0) is 33.3 Å². The van der Waals surface area contributed by atoms with Gasteiger partial charge in [-0.15, -0.1) is 0 Å². The fourth-order valence-electron chi connectivity index (χ4n) is 2.77. The zero-order valence-electron chi connectivity index (χ0n) is 17.0. The first-order valence-corrected chi connectivity index (χ1v) is 9.91. The summed E-state index contributed by atoms with van der Waals surface area (Å²) in [6.45, 7) is 4.80. The van der Waals surface area contributed by atoms with E-state index in [1.807, 2.05) is 13.8 Å². The lowest BCUT2D eigenvalue weighted by atomic mass is 9.98. The van der Waals surface area contributed by atoms with Crippen LogP contribution in [0.5, 0.6) is 0 Å². The van der Waals surface area contributed by atoms with Crippen LogP contribution in [0, 0.1) is 0 Å². The summed E-state index contributed by atoms with van der Waals surface area (Å²) >= 11 is 0. The van der Waals surface area contributed by atoms with E-state index in [-0.39, 0.29) is 19.4 Å². The number of carboxylic acid groups (broad SMARTS) is 1. The third-order valence-corrected chi connectivity index (χ3v) is 4.42. The van der Waals surface area contributed by atoms with Gasteiger partial charge in [0, 0.05) is 20.3 Å². The Bertz CT molecular complexity index is 457. The summed E-state index contributed by atoms with van der Waals surface area (Å²) in [5, 5.41) is 19.4. The van der Waals surface area contributed by atoms with E-state index in [4.69, 9.17) is 28.8 Å². The van der Waals surface area contributed by atoms with Crippen molar-refractivity contribution >= 4 is 11.9 Å². The second kappa shape index (κ2) is 13.8. The van der Waals surface area contributed by atoms with Crippen molar-refractivity contribution in [3.63, 3.8) is 0 Å². The summed E-state index contributed by atoms with van der Waals surface area (Å²) in [5.74, 6) is -1.75. The Morgan fingerprint density at radius 3 is 2.14 bits per heavy atom. The predicted molar refractivity (Wildman–Crippen MR) is 98.8 cm³/mol. The topological polar surface area (TPSA) is 121 Å². The highest BCUT2D eigenvalue weighted by molar-refractivity contribution is 5.76. The van der Waals surface area contributed by atoms with E-state index >= 15 is 0 Å². The van der Waals surface area contributed by atoms with E-state index in [1.165, 1.54) is 7.11 Å². The van der Waals surface area contributed by atoms with Crippen LogP contribution in [0.4, 0.5) is 0 Å². The Balaban J connectivity index is 2.73. The number of esters is 1. The zero-order valence-corrected chi connectivity index (χ0v) is 17.0. The summed E-state index contributed by atoms with van der Waals surface area (Å²) < 4.78 is 27.9. The molecular formula is C19H34O9. The summed E-state index contributed by atoms with van der Waals surface area (Å²) in [4.78, 5) is 22.2. The highest BCUT2D eigenvalue weighted by atomic mass is 16.7. The largest absolute Gasteiger partial charge is 0.481 e. The molecule has 164 valence electrons. The van der Waals surface area contributed by atoms with E-state index in [0.29, 0.717) is 13.2 Å². The van der Waals surface area contributed by atoms with Crippen LogP contribution in [-0.4, -0.2) is 79.8 Å². The first-order valence-electron chi connectivity index (χ1n) is 9.91. The normalized spacial score (nSPS) is 27.5. The molecular weight excluding hydrogens is 372 g/mol. The van der Waals surface area contributed by atoms with E-state index in [0.717, 1.165) is 25.7 Å². The number of ether oxygens (including phenoxy) is 5. The number of carboxylic acids is 1. The number of carbonyl (C=O) groups is 2. The van der Waals surface area contributed by atoms with Gasteiger partial charge in [-0.1, -0.05) is 26.7 Å². The lowest BCUT2D eigenvalue weighted by molar-refractivity contribution is -0.311. The van der Waals surface area contributed by atoms with Crippen LogP contribution in [0.3, 0.4) is 0 Å². The second-order valence-electron chi connectivity index (χ2n) is 6.72. The predicted octanol–water partition coefficient (Wildman–Crippen LogP) is 1.50. The van der Waals surface area contributed by atoms with Crippen molar-refractivity contribution in [3.05, 3.63) is 0 Å². The van der Waals surface area contributed by atoms with Gasteiger partial charge in [0.15, 0.2) is 6.29 Å². The molecule has 1 aliphatic heterocycles. The van der Waals surface area contributed by atoms with Gasteiger partial charge in [-0.05, 0) is 12.8 Å². The molecule has 2 N–H and O–H groups in total. The second-order valence-corrected chi connectivity index (χ2v) is 6.72. The third-order valence-electron chi connectivity index (χ3n) is 4.42. The summed E-state index contributed by atoms with van der Waals surface area (Å²) in [6, 6.07) is 0. The molecule has 0 amide bonds. The van der Waals surface area contributed by atoms with Gasteiger partial charge >= 0.3 is 11.9 Å². The van der Waals surface area contributed by atoms with Crippen LogP contribution in [0.15, 0.2) is 0 Å². The number of aliphatic carboxylic acids is 1. The summed E-state index contributed by atoms with van der Waals surface area (Å²) in [7, 11) is 1.47. The first kappa shape index (κ1) is 24.8. The zero-order chi connectivity index (χ0) is 20.9. The molecule has 28 heavy (non-hydrogen) atoms. The molecule has 1 rings (SSSR count). The van der Waals surface area contributed by atoms with Gasteiger partial charge in [0.2, 0.25) is 0 Å². The van der Waals surface area contributed by atoms with Gasteiger partial charge in [0.05, 0.1) is 12.8 Å². The first-order chi connectivity index (χ1) is 13.4. The third kappa shape index (κ3) is 8.40. The number of hydrogen-bond donors (Lipinski definition) is 2. The Morgan fingerprint density at radius 1 is 1.00 bits per heavy atom. The Labute approximate surface area is 166 Å². The molecule has 1 heterocycles. The van der Waals surface area contributed by atoms with Crippen LogP contribution < -0.4 is 0 Å². The van der Waals surface area contributed by atoms with Gasteiger partial charge < -0.3 is 33.9 Å². The molecule has 0 saturated carbocycles. The van der Waals surface area contributed by atoms with Gasteiger partial charge in [0.1, 0.15) is 31.0 Å². The molecule has 2 unspecified atom stereocenters. The van der Waals surface area contributed by atoms with Gasteiger partial charge in [-0.3, -0.25) is 9.59 Å². The molecule has 5 atom stereocenters. The molecule has 1 aliphatic rings. The number of carbonyl (C=O) groups excluding carboxylic acids is 1. The summed E-state index contributed by atoms with van der Waals surface area (Å²) in [5.41, 5.74) is 0. The minimum absolute atomic E-state index is 0.227. The SMILES string of the molecule is CCCCOC1[C@@H](OC)OC(COC(=O)CCC(=O)O)[C@@H](O)[C@@H]1OCCCC. The lowest BCUT2D eigenvalue weighted by Gasteiger charge is -2.43. The average Bonchev–Trinajstić information content (AvgIpc) is 2.67. The van der Waals surface area contributed by atoms with Crippen molar-refractivity contribution in [2.24, 2.45) is 0 Å². The molecule has 0 bridgehead atoms. The van der Waals surface area contributed by atoms with Crippen molar-refractivity contribution < 1.29 is 43.5 Å². The molecule has 0 aromatic carbocycles. The molecule has 9 heteroatoms. The molecule has 0 aliphatic carbocycles. The number of aliphatic hydroxyl groups is 1. The molecule has 1 fully saturated rings. The number of unbranched alkanes of at least 4 members (excludes halogenated alkanes) is 2. The molecule has 0 aromatic heterocycles. The van der Waals surface area contributed by atoms with E-state index < -0.39 is 42.6 Å². The Kier molecular flexibility index (Phi) is 12.2. The van der Waals surface area contributed by atoms with E-state index in [9.17, 15) is 14.7 Å². The Hall–Kier alpha value is -1.26. The van der Waals surface area contributed by atoms with Gasteiger partial charge in [-0.25, -0.2) is 0 Å². The van der Waals surface area contributed by atoms with Crippen molar-refractivity contribution in [1.82, 2.24) is 0 Å². The monoisotopic (exact) mass is 406 g/mol. The van der Waals surface area contributed by atoms with Crippen molar-refractivity contribution in [2.75, 3.05) is 26.9 Å². The maximum Gasteiger partial charge on any atom is 0.306 e. The quantitative estimate of drug-likeness (QED) is 0.326. The Morgan fingerprint density at radius 2 is 1.61 bits per heavy atom. The number of aliphatic hydroxyl groups excluding tert-OH is 1. The van der Waals surface area contributed by atoms with Crippen LogP contribution >= 0.6 is 0 Å². The fourth-order valence-corrected chi connectivity index (χ4v) is 2.77. The van der Waals surface area contributed by atoms with Crippen molar-refractivity contribution in [2.45, 2.75) is 83.1 Å². The highest BCUT2D eigenvalue weighted by Gasteiger charge is 2.47. The van der Waals surface area contributed by atoms with Crippen molar-refractivity contribution in [3.8, 4) is 0 Å². The average molecular weight is 406 g/mol. The smallest absolute Gasteiger partial charge is 0.306 e. The highest BCUT2D eigenvalue weighted by Crippen LogP contribution is 2.27. The fraction of sp³-hybridized carbons (Fsp3) is 0.895. The van der Waals surface area contributed by atoms with E-state index in [1.54, 1.807) is 0 Å². The van der Waals surface area contributed by atoms with Gasteiger partial charge in [0.25, 0.3) is 0 Å². The summed E-state index contributed by atoms with van der Waals surface area (Å²) in [6.07, 6.45) is -0.994. The number of rotatable bonds is 14.